The molecule has 30 heavy (non-hydrogen) atoms. The number of carbonyl (C=O) groups excluding carboxylic acids is 2. The van der Waals surface area contributed by atoms with E-state index in [1.165, 1.54) is 16.8 Å². The Labute approximate surface area is 174 Å². The number of fused-ring (bicyclic) bond motifs is 1. The third-order valence-corrected chi connectivity index (χ3v) is 5.49. The van der Waals surface area contributed by atoms with Gasteiger partial charge in [-0.05, 0) is 44.2 Å². The molecule has 0 radical (unpaired) electrons. The van der Waals surface area contributed by atoms with Crippen LogP contribution in [0.25, 0.3) is 0 Å². The number of anilines is 1. The zero-order valence-electron chi connectivity index (χ0n) is 17.0. The van der Waals surface area contributed by atoms with Crippen molar-refractivity contribution in [3.8, 4) is 0 Å². The molecule has 2 amide bonds. The Kier molecular flexibility index (Phi) is 5.93. The van der Waals surface area contributed by atoms with E-state index in [1.54, 1.807) is 0 Å². The zero-order chi connectivity index (χ0) is 21.1. The van der Waals surface area contributed by atoms with E-state index in [4.69, 9.17) is 0 Å². The van der Waals surface area contributed by atoms with Crippen LogP contribution >= 0.6 is 0 Å². The van der Waals surface area contributed by atoms with Crippen molar-refractivity contribution in [1.29, 1.82) is 0 Å². The number of hydrogen-bond donors (Lipinski definition) is 2. The van der Waals surface area contributed by atoms with Crippen LogP contribution in [0.15, 0.2) is 24.3 Å². The average molecular weight is 415 g/mol. The van der Waals surface area contributed by atoms with Gasteiger partial charge in [0.05, 0.1) is 6.54 Å². The molecule has 2 aromatic rings. The number of hydrogen-bond acceptors (Lipinski definition) is 6. The Morgan fingerprint density at radius 2 is 1.97 bits per heavy atom. The van der Waals surface area contributed by atoms with Crippen LogP contribution in [0.5, 0.6) is 0 Å². The lowest BCUT2D eigenvalue weighted by molar-refractivity contribution is 0.0880. The molecule has 0 unspecified atom stereocenters. The molecule has 0 spiro atoms. The standard InChI is InChI=1S/C20H26FN7O2/c1-14-13-28-18(20(30)23-14)17(24-25-28)19(29)22-7-2-8-26-9-11-27(12-10-26)16-5-3-15(21)4-6-16/h3-6,14H,2,7-13H2,1H3,(H,22,29)(H,23,30)/t14-/m0/s1. The van der Waals surface area contributed by atoms with Crippen LogP contribution in [0.1, 0.15) is 34.3 Å². The highest BCUT2D eigenvalue weighted by atomic mass is 19.1. The van der Waals surface area contributed by atoms with E-state index in [2.05, 4.69) is 30.7 Å². The minimum atomic E-state index is -0.373. The molecule has 1 fully saturated rings. The Bertz CT molecular complexity index is 906. The minimum Gasteiger partial charge on any atom is -0.369 e. The molecule has 2 N–H and O–H groups in total. The quantitative estimate of drug-likeness (QED) is 0.667. The van der Waals surface area contributed by atoms with Gasteiger partial charge in [0.2, 0.25) is 0 Å². The molecule has 1 atom stereocenters. The summed E-state index contributed by atoms with van der Waals surface area (Å²) in [5.41, 5.74) is 1.34. The summed E-state index contributed by atoms with van der Waals surface area (Å²) in [7, 11) is 0. The molecule has 1 aromatic carbocycles. The van der Waals surface area contributed by atoms with Crippen LogP contribution in [0, 0.1) is 5.82 Å². The first-order valence-electron chi connectivity index (χ1n) is 10.3. The van der Waals surface area contributed by atoms with Gasteiger partial charge < -0.3 is 15.5 Å². The summed E-state index contributed by atoms with van der Waals surface area (Å²) in [6.45, 7) is 7.36. The van der Waals surface area contributed by atoms with Crippen molar-refractivity contribution in [2.24, 2.45) is 0 Å². The molecule has 160 valence electrons. The molecule has 9 nitrogen and oxygen atoms in total. The fraction of sp³-hybridized carbons (Fsp3) is 0.500. The first kappa shape index (κ1) is 20.3. The normalized spacial score (nSPS) is 19.3. The van der Waals surface area contributed by atoms with Gasteiger partial charge in [0, 0.05) is 44.5 Å². The maximum absolute atomic E-state index is 13.1. The van der Waals surface area contributed by atoms with E-state index in [9.17, 15) is 14.0 Å². The van der Waals surface area contributed by atoms with E-state index in [0.29, 0.717) is 13.1 Å². The van der Waals surface area contributed by atoms with Crippen LogP contribution < -0.4 is 15.5 Å². The van der Waals surface area contributed by atoms with Gasteiger partial charge in [0.25, 0.3) is 11.8 Å². The van der Waals surface area contributed by atoms with Crippen LogP contribution in [0.2, 0.25) is 0 Å². The third kappa shape index (κ3) is 4.43. The number of halogens is 1. The van der Waals surface area contributed by atoms with Gasteiger partial charge in [0.15, 0.2) is 11.4 Å². The van der Waals surface area contributed by atoms with Crippen molar-refractivity contribution in [2.45, 2.75) is 25.9 Å². The van der Waals surface area contributed by atoms with Gasteiger partial charge in [-0.3, -0.25) is 14.5 Å². The first-order valence-corrected chi connectivity index (χ1v) is 10.3. The largest absolute Gasteiger partial charge is 0.369 e. The molecule has 2 aliphatic rings. The molecule has 0 bridgehead atoms. The van der Waals surface area contributed by atoms with E-state index in [0.717, 1.165) is 44.8 Å². The fourth-order valence-electron chi connectivity index (χ4n) is 3.89. The number of amides is 2. The lowest BCUT2D eigenvalue weighted by atomic mass is 10.2. The molecule has 10 heteroatoms. The van der Waals surface area contributed by atoms with Gasteiger partial charge in [-0.15, -0.1) is 5.10 Å². The predicted molar refractivity (Wildman–Crippen MR) is 109 cm³/mol. The summed E-state index contributed by atoms with van der Waals surface area (Å²) in [6, 6.07) is 6.56. The Balaban J connectivity index is 1.20. The smallest absolute Gasteiger partial charge is 0.274 e. The second kappa shape index (κ2) is 8.78. The molecule has 0 aliphatic carbocycles. The van der Waals surface area contributed by atoms with Gasteiger partial charge in [0.1, 0.15) is 5.82 Å². The maximum Gasteiger partial charge on any atom is 0.274 e. The molecule has 4 rings (SSSR count). The van der Waals surface area contributed by atoms with Crippen molar-refractivity contribution in [3.05, 3.63) is 41.5 Å². The number of nitrogens with zero attached hydrogens (tertiary/aromatic N) is 5. The predicted octanol–water partition coefficient (Wildman–Crippen LogP) is 0.491. The fourth-order valence-corrected chi connectivity index (χ4v) is 3.89. The molecule has 0 saturated carbocycles. The molecular formula is C20H26FN7O2. The zero-order valence-corrected chi connectivity index (χ0v) is 17.0. The molecular weight excluding hydrogens is 389 g/mol. The summed E-state index contributed by atoms with van der Waals surface area (Å²) in [4.78, 5) is 29.2. The second-order valence-corrected chi connectivity index (χ2v) is 7.76. The van der Waals surface area contributed by atoms with E-state index < -0.39 is 0 Å². The Hall–Kier alpha value is -3.01. The summed E-state index contributed by atoms with van der Waals surface area (Å²) < 4.78 is 14.6. The number of carbonyl (C=O) groups is 2. The van der Waals surface area contributed by atoms with Gasteiger partial charge >= 0.3 is 0 Å². The third-order valence-electron chi connectivity index (χ3n) is 5.49. The highest BCUT2D eigenvalue weighted by molar-refractivity contribution is 6.05. The van der Waals surface area contributed by atoms with E-state index >= 15 is 0 Å². The molecule has 1 aromatic heterocycles. The maximum atomic E-state index is 13.1. The minimum absolute atomic E-state index is 0.0360. The lowest BCUT2D eigenvalue weighted by Gasteiger charge is -2.36. The second-order valence-electron chi connectivity index (χ2n) is 7.76. The monoisotopic (exact) mass is 415 g/mol. The molecule has 2 aliphatic heterocycles. The highest BCUT2D eigenvalue weighted by Crippen LogP contribution is 2.17. The van der Waals surface area contributed by atoms with Crippen molar-refractivity contribution >= 4 is 17.5 Å². The summed E-state index contributed by atoms with van der Waals surface area (Å²) in [5.74, 6) is -0.911. The Morgan fingerprint density at radius 1 is 1.23 bits per heavy atom. The van der Waals surface area contributed by atoms with Crippen LogP contribution in [-0.4, -0.2) is 77.0 Å². The van der Waals surface area contributed by atoms with E-state index in [-0.39, 0.29) is 35.1 Å². The number of nitrogens with one attached hydrogen (secondary N) is 2. The van der Waals surface area contributed by atoms with Gasteiger partial charge in [-0.2, -0.15) is 0 Å². The van der Waals surface area contributed by atoms with Crippen molar-refractivity contribution in [2.75, 3.05) is 44.2 Å². The first-order chi connectivity index (χ1) is 14.5. The van der Waals surface area contributed by atoms with Gasteiger partial charge in [-0.25, -0.2) is 9.07 Å². The number of aromatic nitrogens is 3. The molecule has 1 saturated heterocycles. The summed E-state index contributed by atoms with van der Waals surface area (Å²) in [5, 5.41) is 13.5. The van der Waals surface area contributed by atoms with Crippen LogP contribution in [0.4, 0.5) is 10.1 Å². The summed E-state index contributed by atoms with van der Waals surface area (Å²) in [6.07, 6.45) is 0.801. The molecule has 3 heterocycles. The van der Waals surface area contributed by atoms with Crippen LogP contribution in [-0.2, 0) is 6.54 Å². The Morgan fingerprint density at radius 3 is 2.70 bits per heavy atom. The summed E-state index contributed by atoms with van der Waals surface area (Å²) >= 11 is 0. The number of piperazine rings is 1. The lowest BCUT2D eigenvalue weighted by Crippen LogP contribution is -2.47. The van der Waals surface area contributed by atoms with Crippen molar-refractivity contribution in [1.82, 2.24) is 30.5 Å². The van der Waals surface area contributed by atoms with Crippen molar-refractivity contribution in [3.63, 3.8) is 0 Å². The highest BCUT2D eigenvalue weighted by Gasteiger charge is 2.30. The van der Waals surface area contributed by atoms with Gasteiger partial charge in [-0.1, -0.05) is 5.21 Å². The SMILES string of the molecule is C[C@H]1Cn2nnc(C(=O)NCCCN3CCN(c4ccc(F)cc4)CC3)c2C(=O)N1. The average Bonchev–Trinajstić information content (AvgIpc) is 3.16. The van der Waals surface area contributed by atoms with Crippen molar-refractivity contribution < 1.29 is 14.0 Å². The van der Waals surface area contributed by atoms with Crippen LogP contribution in [0.3, 0.4) is 0 Å². The number of benzene rings is 1. The number of rotatable bonds is 6. The topological polar surface area (TPSA) is 95.4 Å². The van der Waals surface area contributed by atoms with E-state index in [1.807, 2.05) is 19.1 Å².